The molecule has 1 unspecified atom stereocenters. The Labute approximate surface area is 125 Å². The van der Waals surface area contributed by atoms with E-state index in [2.05, 4.69) is 24.1 Å². The van der Waals surface area contributed by atoms with E-state index in [0.717, 1.165) is 12.1 Å². The smallest absolute Gasteiger partial charge is 0.332 e. The Morgan fingerprint density at radius 3 is 2.67 bits per heavy atom. The monoisotopic (exact) mass is 294 g/mol. The number of esters is 1. The van der Waals surface area contributed by atoms with Gasteiger partial charge < -0.3 is 10.1 Å². The molecule has 21 heavy (non-hydrogen) atoms. The number of rotatable bonds is 4. The van der Waals surface area contributed by atoms with Crippen molar-refractivity contribution in [2.45, 2.75) is 38.8 Å². The van der Waals surface area contributed by atoms with Crippen LogP contribution in [0.2, 0.25) is 0 Å². The minimum Gasteiger partial charge on any atom is -0.467 e. The van der Waals surface area contributed by atoms with Crippen LogP contribution in [0, 0.1) is 12.7 Å². The summed E-state index contributed by atoms with van der Waals surface area (Å²) in [4.78, 5) is 14.5. The fourth-order valence-electron chi connectivity index (χ4n) is 2.88. The molecule has 5 heteroatoms. The number of methoxy groups -OCH3 is 1. The van der Waals surface area contributed by atoms with Gasteiger partial charge in [-0.15, -0.1) is 0 Å². The molecule has 0 bridgehead atoms. The summed E-state index contributed by atoms with van der Waals surface area (Å²) in [7, 11) is 1.39. The fraction of sp³-hybridized carbons (Fsp3) is 0.562. The number of halogens is 1. The molecule has 1 aromatic rings. The lowest BCUT2D eigenvalue weighted by Crippen LogP contribution is -2.50. The number of likely N-dealkylation sites (tertiary alicyclic amines) is 1. The molecule has 0 saturated carbocycles. The SMILES string of the molecule is COC(=O)C1(Nc2cc(C)cc(F)c2)CCN(C(C)C)C1. The van der Waals surface area contributed by atoms with Gasteiger partial charge in [0.25, 0.3) is 0 Å². The van der Waals surface area contributed by atoms with Gasteiger partial charge in [-0.1, -0.05) is 0 Å². The topological polar surface area (TPSA) is 41.6 Å². The molecule has 1 fully saturated rings. The van der Waals surface area contributed by atoms with Crippen LogP contribution in [0.1, 0.15) is 25.8 Å². The number of carbonyl (C=O) groups is 1. The van der Waals surface area contributed by atoms with E-state index in [1.165, 1.54) is 19.2 Å². The lowest BCUT2D eigenvalue weighted by molar-refractivity contribution is -0.145. The van der Waals surface area contributed by atoms with Crippen LogP contribution in [-0.4, -0.2) is 42.6 Å². The number of aryl methyl sites for hydroxylation is 1. The highest BCUT2D eigenvalue weighted by Crippen LogP contribution is 2.29. The average Bonchev–Trinajstić information content (AvgIpc) is 2.82. The highest BCUT2D eigenvalue weighted by atomic mass is 19.1. The average molecular weight is 294 g/mol. The number of hydrogen-bond acceptors (Lipinski definition) is 4. The van der Waals surface area contributed by atoms with E-state index in [1.807, 2.05) is 13.0 Å². The first-order valence-electron chi connectivity index (χ1n) is 7.24. The normalized spacial score (nSPS) is 22.6. The van der Waals surface area contributed by atoms with E-state index in [1.54, 1.807) is 0 Å². The molecular formula is C16H23FN2O2. The van der Waals surface area contributed by atoms with E-state index >= 15 is 0 Å². The van der Waals surface area contributed by atoms with Crippen LogP contribution in [0.25, 0.3) is 0 Å². The summed E-state index contributed by atoms with van der Waals surface area (Å²) in [5.41, 5.74) is 0.624. The van der Waals surface area contributed by atoms with Gasteiger partial charge in [0, 0.05) is 24.8 Å². The molecule has 0 radical (unpaired) electrons. The largest absolute Gasteiger partial charge is 0.467 e. The highest BCUT2D eigenvalue weighted by molar-refractivity contribution is 5.85. The van der Waals surface area contributed by atoms with E-state index in [-0.39, 0.29) is 11.8 Å². The molecule has 1 aromatic carbocycles. The third kappa shape index (κ3) is 3.35. The first-order valence-corrected chi connectivity index (χ1v) is 7.24. The Hall–Kier alpha value is -1.62. The predicted octanol–water partition coefficient (Wildman–Crippen LogP) is 2.57. The molecule has 0 aromatic heterocycles. The molecule has 1 aliphatic rings. The Morgan fingerprint density at radius 1 is 1.43 bits per heavy atom. The number of nitrogens with zero attached hydrogens (tertiary/aromatic N) is 1. The van der Waals surface area contributed by atoms with Gasteiger partial charge in [-0.25, -0.2) is 9.18 Å². The van der Waals surface area contributed by atoms with E-state index in [0.29, 0.717) is 24.7 Å². The van der Waals surface area contributed by atoms with Gasteiger partial charge in [-0.3, -0.25) is 4.90 Å². The molecule has 2 rings (SSSR count). The van der Waals surface area contributed by atoms with Crippen molar-refractivity contribution >= 4 is 11.7 Å². The zero-order valence-corrected chi connectivity index (χ0v) is 13.1. The highest BCUT2D eigenvalue weighted by Gasteiger charge is 2.46. The van der Waals surface area contributed by atoms with Crippen LogP contribution in [0.5, 0.6) is 0 Å². The maximum Gasteiger partial charge on any atom is 0.332 e. The summed E-state index contributed by atoms with van der Waals surface area (Å²) >= 11 is 0. The molecule has 0 spiro atoms. The second-order valence-electron chi connectivity index (χ2n) is 6.03. The fourth-order valence-corrected chi connectivity index (χ4v) is 2.88. The molecule has 0 amide bonds. The Kier molecular flexibility index (Phi) is 4.52. The first kappa shape index (κ1) is 15.8. The quantitative estimate of drug-likeness (QED) is 0.867. The minimum absolute atomic E-state index is 0.299. The standard InChI is InChI=1S/C16H23FN2O2/c1-11(2)19-6-5-16(10-19,15(20)21-4)18-14-8-12(3)7-13(17)9-14/h7-9,11,18H,5-6,10H2,1-4H3. The first-order chi connectivity index (χ1) is 9.86. The molecule has 116 valence electrons. The van der Waals surface area contributed by atoms with Crippen LogP contribution in [0.3, 0.4) is 0 Å². The van der Waals surface area contributed by atoms with Crippen molar-refractivity contribution in [2.24, 2.45) is 0 Å². The number of anilines is 1. The summed E-state index contributed by atoms with van der Waals surface area (Å²) in [6.07, 6.45) is 0.646. The number of benzene rings is 1. The molecule has 1 atom stereocenters. The van der Waals surface area contributed by atoms with Crippen molar-refractivity contribution in [2.75, 3.05) is 25.5 Å². The van der Waals surface area contributed by atoms with Crippen molar-refractivity contribution in [3.05, 3.63) is 29.6 Å². The summed E-state index contributed by atoms with van der Waals surface area (Å²) in [6, 6.07) is 5.07. The van der Waals surface area contributed by atoms with Crippen LogP contribution >= 0.6 is 0 Å². The summed E-state index contributed by atoms with van der Waals surface area (Å²) in [6.45, 7) is 7.40. The van der Waals surface area contributed by atoms with Crippen molar-refractivity contribution < 1.29 is 13.9 Å². The Balaban J connectivity index is 2.27. The van der Waals surface area contributed by atoms with Gasteiger partial charge in [0.1, 0.15) is 11.4 Å². The lowest BCUT2D eigenvalue weighted by Gasteiger charge is -2.30. The van der Waals surface area contributed by atoms with Gasteiger partial charge in [0.15, 0.2) is 0 Å². The van der Waals surface area contributed by atoms with Crippen molar-refractivity contribution in [3.8, 4) is 0 Å². The van der Waals surface area contributed by atoms with Crippen LogP contribution in [-0.2, 0) is 9.53 Å². The number of carbonyl (C=O) groups excluding carboxylic acids is 1. The molecule has 4 nitrogen and oxygen atoms in total. The second kappa shape index (κ2) is 6.02. The zero-order valence-electron chi connectivity index (χ0n) is 13.1. The van der Waals surface area contributed by atoms with E-state index < -0.39 is 5.54 Å². The molecule has 0 aliphatic carbocycles. The summed E-state index contributed by atoms with van der Waals surface area (Å²) in [5.74, 6) is -0.608. The van der Waals surface area contributed by atoms with Gasteiger partial charge >= 0.3 is 5.97 Å². The molecule has 1 N–H and O–H groups in total. The van der Waals surface area contributed by atoms with Gasteiger partial charge in [-0.2, -0.15) is 0 Å². The van der Waals surface area contributed by atoms with Crippen LogP contribution in [0.15, 0.2) is 18.2 Å². The van der Waals surface area contributed by atoms with Gasteiger partial charge in [0.05, 0.1) is 7.11 Å². The maximum atomic E-state index is 13.5. The molecule has 1 saturated heterocycles. The molecule has 1 heterocycles. The van der Waals surface area contributed by atoms with Gasteiger partial charge in [-0.05, 0) is 51.0 Å². The molecular weight excluding hydrogens is 271 g/mol. The van der Waals surface area contributed by atoms with E-state index in [4.69, 9.17) is 4.74 Å². The zero-order chi connectivity index (χ0) is 15.6. The summed E-state index contributed by atoms with van der Waals surface area (Å²) < 4.78 is 18.5. The van der Waals surface area contributed by atoms with Crippen LogP contribution < -0.4 is 5.32 Å². The second-order valence-corrected chi connectivity index (χ2v) is 6.03. The number of ether oxygens (including phenoxy) is 1. The van der Waals surface area contributed by atoms with Gasteiger partial charge in [0.2, 0.25) is 0 Å². The summed E-state index contributed by atoms with van der Waals surface area (Å²) in [5, 5.41) is 3.22. The predicted molar refractivity (Wildman–Crippen MR) is 80.8 cm³/mol. The molecule has 1 aliphatic heterocycles. The Bertz CT molecular complexity index is 513. The lowest BCUT2D eigenvalue weighted by atomic mass is 9.97. The third-order valence-corrected chi connectivity index (χ3v) is 4.03. The minimum atomic E-state index is -0.806. The van der Waals surface area contributed by atoms with Crippen molar-refractivity contribution in [1.82, 2.24) is 4.90 Å². The maximum absolute atomic E-state index is 13.5. The van der Waals surface area contributed by atoms with Crippen molar-refractivity contribution in [1.29, 1.82) is 0 Å². The Morgan fingerprint density at radius 2 is 2.14 bits per heavy atom. The number of hydrogen-bond donors (Lipinski definition) is 1. The van der Waals surface area contributed by atoms with E-state index in [9.17, 15) is 9.18 Å². The third-order valence-electron chi connectivity index (χ3n) is 4.03. The van der Waals surface area contributed by atoms with Crippen molar-refractivity contribution in [3.63, 3.8) is 0 Å². The number of nitrogens with one attached hydrogen (secondary N) is 1. The van der Waals surface area contributed by atoms with Crippen LogP contribution in [0.4, 0.5) is 10.1 Å².